The molecule has 0 radical (unpaired) electrons. The monoisotopic (exact) mass is 309 g/mol. The minimum Gasteiger partial charge on any atom is -0.305 e. The third-order valence-corrected chi connectivity index (χ3v) is 6.97. The zero-order chi connectivity index (χ0) is 13.9. The molecule has 2 bridgehead atoms. The first-order valence-electron chi connectivity index (χ1n) is 7.75. The molecule has 1 heterocycles. The van der Waals surface area contributed by atoms with Crippen molar-refractivity contribution in [3.63, 3.8) is 0 Å². The SMILES string of the molecule is CN1CC2C3CCC(CC3)C2(c2ccc(Cl)c(Cl)c2)C1. The van der Waals surface area contributed by atoms with E-state index in [1.807, 2.05) is 6.07 Å². The molecule has 0 amide bonds. The Labute approximate surface area is 131 Å². The van der Waals surface area contributed by atoms with Crippen molar-refractivity contribution in [2.75, 3.05) is 20.1 Å². The van der Waals surface area contributed by atoms with Gasteiger partial charge in [-0.05, 0) is 68.2 Å². The first kappa shape index (κ1) is 13.4. The van der Waals surface area contributed by atoms with Crippen LogP contribution >= 0.6 is 23.2 Å². The quantitative estimate of drug-likeness (QED) is 0.732. The zero-order valence-corrected chi connectivity index (χ0v) is 13.4. The highest BCUT2D eigenvalue weighted by molar-refractivity contribution is 6.42. The molecule has 5 rings (SSSR count). The molecule has 3 saturated carbocycles. The van der Waals surface area contributed by atoms with Crippen LogP contribution in [0.25, 0.3) is 0 Å². The fraction of sp³-hybridized carbons (Fsp3) is 0.647. The van der Waals surface area contributed by atoms with Gasteiger partial charge in [-0.25, -0.2) is 0 Å². The van der Waals surface area contributed by atoms with Gasteiger partial charge < -0.3 is 4.90 Å². The van der Waals surface area contributed by atoms with Crippen LogP contribution in [-0.2, 0) is 5.41 Å². The second kappa shape index (κ2) is 4.63. The zero-order valence-electron chi connectivity index (χ0n) is 11.9. The van der Waals surface area contributed by atoms with Crippen molar-refractivity contribution in [1.82, 2.24) is 4.90 Å². The van der Waals surface area contributed by atoms with Gasteiger partial charge in [0.1, 0.15) is 0 Å². The van der Waals surface area contributed by atoms with E-state index in [9.17, 15) is 0 Å². The van der Waals surface area contributed by atoms with Crippen molar-refractivity contribution in [2.45, 2.75) is 31.1 Å². The largest absolute Gasteiger partial charge is 0.305 e. The topological polar surface area (TPSA) is 3.24 Å². The predicted molar refractivity (Wildman–Crippen MR) is 84.6 cm³/mol. The van der Waals surface area contributed by atoms with Crippen molar-refractivity contribution < 1.29 is 0 Å². The number of hydrogen-bond donors (Lipinski definition) is 0. The molecular formula is C17H21Cl2N. The highest BCUT2D eigenvalue weighted by atomic mass is 35.5. The number of likely N-dealkylation sites (tertiary alicyclic amines) is 1. The third-order valence-electron chi connectivity index (χ3n) is 6.23. The van der Waals surface area contributed by atoms with E-state index in [-0.39, 0.29) is 0 Å². The van der Waals surface area contributed by atoms with Crippen LogP contribution < -0.4 is 0 Å². The summed E-state index contributed by atoms with van der Waals surface area (Å²) in [5.74, 6) is 2.57. The number of likely N-dealkylation sites (N-methyl/N-ethyl adjacent to an activating group) is 1. The minimum atomic E-state index is 0.337. The Bertz CT molecular complexity index is 536. The van der Waals surface area contributed by atoms with E-state index in [4.69, 9.17) is 23.2 Å². The molecule has 0 spiro atoms. The Morgan fingerprint density at radius 1 is 1.10 bits per heavy atom. The summed E-state index contributed by atoms with van der Waals surface area (Å²) in [6.07, 6.45) is 5.67. The number of benzene rings is 1. The molecular weight excluding hydrogens is 289 g/mol. The number of nitrogens with zero attached hydrogens (tertiary/aromatic N) is 1. The average molecular weight is 310 g/mol. The summed E-state index contributed by atoms with van der Waals surface area (Å²) >= 11 is 12.4. The van der Waals surface area contributed by atoms with Crippen LogP contribution in [0.15, 0.2) is 18.2 Å². The molecule has 1 saturated heterocycles. The van der Waals surface area contributed by atoms with Crippen LogP contribution in [0.2, 0.25) is 10.0 Å². The molecule has 2 unspecified atom stereocenters. The lowest BCUT2D eigenvalue weighted by Gasteiger charge is -2.54. The molecule has 1 aromatic rings. The van der Waals surface area contributed by atoms with Crippen LogP contribution in [0, 0.1) is 17.8 Å². The third kappa shape index (κ3) is 1.73. The molecule has 20 heavy (non-hydrogen) atoms. The summed E-state index contributed by atoms with van der Waals surface area (Å²) in [6, 6.07) is 6.38. The fourth-order valence-corrected chi connectivity index (χ4v) is 5.79. The summed E-state index contributed by atoms with van der Waals surface area (Å²) < 4.78 is 0. The number of hydrogen-bond acceptors (Lipinski definition) is 1. The van der Waals surface area contributed by atoms with E-state index in [2.05, 4.69) is 24.1 Å². The highest BCUT2D eigenvalue weighted by Crippen LogP contribution is 2.60. The van der Waals surface area contributed by atoms with Crippen molar-refractivity contribution >= 4 is 23.2 Å². The van der Waals surface area contributed by atoms with Gasteiger partial charge in [0.15, 0.2) is 0 Å². The lowest BCUT2D eigenvalue weighted by Crippen LogP contribution is -2.52. The Morgan fingerprint density at radius 2 is 1.85 bits per heavy atom. The molecule has 1 aromatic carbocycles. The maximum absolute atomic E-state index is 6.31. The van der Waals surface area contributed by atoms with Crippen LogP contribution in [0.3, 0.4) is 0 Å². The van der Waals surface area contributed by atoms with Crippen molar-refractivity contribution in [1.29, 1.82) is 0 Å². The molecule has 4 aliphatic rings. The minimum absolute atomic E-state index is 0.337. The second-order valence-electron chi connectivity index (χ2n) is 7.08. The van der Waals surface area contributed by atoms with Gasteiger partial charge in [0.25, 0.3) is 0 Å². The lowest BCUT2D eigenvalue weighted by molar-refractivity contribution is 0.0255. The molecule has 108 valence electrons. The predicted octanol–water partition coefficient (Wildman–Crippen LogP) is 4.61. The number of fused-ring (bicyclic) bond motifs is 2. The Balaban J connectivity index is 1.85. The maximum Gasteiger partial charge on any atom is 0.0595 e. The Morgan fingerprint density at radius 3 is 2.55 bits per heavy atom. The summed E-state index contributed by atoms with van der Waals surface area (Å²) in [4.78, 5) is 2.53. The molecule has 3 heteroatoms. The lowest BCUT2D eigenvalue weighted by atomic mass is 9.49. The summed E-state index contributed by atoms with van der Waals surface area (Å²) in [5, 5.41) is 1.39. The van der Waals surface area contributed by atoms with Crippen LogP contribution in [0.1, 0.15) is 31.2 Å². The van der Waals surface area contributed by atoms with E-state index < -0.39 is 0 Å². The van der Waals surface area contributed by atoms with E-state index in [1.165, 1.54) is 44.3 Å². The maximum atomic E-state index is 6.31. The molecule has 0 N–H and O–H groups in total. The average Bonchev–Trinajstić information content (AvgIpc) is 2.83. The van der Waals surface area contributed by atoms with E-state index in [0.717, 1.165) is 17.8 Å². The van der Waals surface area contributed by atoms with Gasteiger partial charge >= 0.3 is 0 Å². The number of rotatable bonds is 1. The van der Waals surface area contributed by atoms with Crippen molar-refractivity contribution in [3.8, 4) is 0 Å². The molecule has 2 atom stereocenters. The Hall–Kier alpha value is -0.240. The number of halogens is 2. The van der Waals surface area contributed by atoms with Gasteiger partial charge in [0.2, 0.25) is 0 Å². The van der Waals surface area contributed by atoms with Gasteiger partial charge in [0.05, 0.1) is 10.0 Å². The smallest absolute Gasteiger partial charge is 0.0595 e. The van der Waals surface area contributed by atoms with Crippen LogP contribution in [-0.4, -0.2) is 25.0 Å². The molecule has 1 nitrogen and oxygen atoms in total. The van der Waals surface area contributed by atoms with Gasteiger partial charge in [-0.1, -0.05) is 29.3 Å². The Kier molecular flexibility index (Phi) is 3.11. The van der Waals surface area contributed by atoms with E-state index in [1.54, 1.807) is 0 Å². The normalized spacial score (nSPS) is 40.0. The van der Waals surface area contributed by atoms with Crippen LogP contribution in [0.5, 0.6) is 0 Å². The first-order chi connectivity index (χ1) is 9.61. The summed E-state index contributed by atoms with van der Waals surface area (Å²) in [7, 11) is 2.27. The molecule has 3 aliphatic carbocycles. The second-order valence-corrected chi connectivity index (χ2v) is 7.90. The van der Waals surface area contributed by atoms with Crippen molar-refractivity contribution in [2.24, 2.45) is 17.8 Å². The van der Waals surface area contributed by atoms with Gasteiger partial charge in [-0.3, -0.25) is 0 Å². The van der Waals surface area contributed by atoms with E-state index in [0.29, 0.717) is 15.5 Å². The van der Waals surface area contributed by atoms with Crippen LogP contribution in [0.4, 0.5) is 0 Å². The highest BCUT2D eigenvalue weighted by Gasteiger charge is 2.58. The first-order valence-corrected chi connectivity index (χ1v) is 8.51. The van der Waals surface area contributed by atoms with E-state index >= 15 is 0 Å². The summed E-state index contributed by atoms with van der Waals surface area (Å²) in [5.41, 5.74) is 1.78. The molecule has 4 fully saturated rings. The molecule has 1 aliphatic heterocycles. The standard InChI is InChI=1S/C17H21Cl2N/c1-20-9-14-11-2-4-12(5-3-11)17(14,10-20)13-6-7-15(18)16(19)8-13/h6-8,11-12,14H,2-5,9-10H2,1H3. The van der Waals surface area contributed by atoms with Gasteiger partial charge in [-0.2, -0.15) is 0 Å². The van der Waals surface area contributed by atoms with Gasteiger partial charge in [0, 0.05) is 18.5 Å². The van der Waals surface area contributed by atoms with Crippen molar-refractivity contribution in [3.05, 3.63) is 33.8 Å². The summed E-state index contributed by atoms with van der Waals surface area (Å²) in [6.45, 7) is 2.44. The fourth-order valence-electron chi connectivity index (χ4n) is 5.49. The van der Waals surface area contributed by atoms with Gasteiger partial charge in [-0.15, -0.1) is 0 Å². The molecule has 0 aromatic heterocycles.